The van der Waals surface area contributed by atoms with E-state index in [9.17, 15) is 4.79 Å². The van der Waals surface area contributed by atoms with Gasteiger partial charge >= 0.3 is 0 Å². The van der Waals surface area contributed by atoms with Gasteiger partial charge in [-0.25, -0.2) is 0 Å². The first-order valence-corrected chi connectivity index (χ1v) is 5.91. The zero-order chi connectivity index (χ0) is 11.9. The van der Waals surface area contributed by atoms with Crippen LogP contribution in [0.25, 0.3) is 0 Å². The summed E-state index contributed by atoms with van der Waals surface area (Å²) in [5, 5.41) is 0. The number of hydrogen-bond acceptors (Lipinski definition) is 1. The Bertz CT molecular complexity index is 294. The van der Waals surface area contributed by atoms with Crippen LogP contribution in [0.1, 0.15) is 60.8 Å². The number of carbonyl (C=O) groups is 1. The zero-order valence-corrected chi connectivity index (χ0v) is 11.0. The summed E-state index contributed by atoms with van der Waals surface area (Å²) in [7, 11) is 0. The van der Waals surface area contributed by atoms with Gasteiger partial charge in [-0.15, -0.1) is 0 Å². The molecule has 0 aromatic rings. The normalized spacial score (nSPS) is 18.5. The Morgan fingerprint density at radius 2 is 1.53 bits per heavy atom. The van der Waals surface area contributed by atoms with Gasteiger partial charge in [0.1, 0.15) is 0 Å². The molecule has 1 nitrogen and oxygen atoms in total. The lowest BCUT2D eigenvalue weighted by Gasteiger charge is -2.25. The second-order valence-electron chi connectivity index (χ2n) is 6.64. The first kappa shape index (κ1) is 12.5. The second-order valence-corrected chi connectivity index (χ2v) is 6.64. The highest BCUT2D eigenvalue weighted by Gasteiger charge is 2.33. The smallest absolute Gasteiger partial charge is 0.164 e. The molecule has 0 amide bonds. The van der Waals surface area contributed by atoms with Crippen molar-refractivity contribution in [2.24, 2.45) is 10.8 Å². The maximum Gasteiger partial charge on any atom is 0.164 e. The van der Waals surface area contributed by atoms with E-state index in [0.29, 0.717) is 5.78 Å². The maximum atomic E-state index is 12.3. The van der Waals surface area contributed by atoms with Crippen LogP contribution in [0.5, 0.6) is 0 Å². The van der Waals surface area contributed by atoms with Gasteiger partial charge in [0, 0.05) is 5.41 Å². The molecule has 0 heterocycles. The second kappa shape index (κ2) is 3.77. The minimum absolute atomic E-state index is 0.159. The van der Waals surface area contributed by atoms with Gasteiger partial charge in [-0.3, -0.25) is 4.79 Å². The molecule has 15 heavy (non-hydrogen) atoms. The Morgan fingerprint density at radius 1 is 1.00 bits per heavy atom. The zero-order valence-electron chi connectivity index (χ0n) is 11.0. The van der Waals surface area contributed by atoms with Crippen molar-refractivity contribution in [3.8, 4) is 0 Å². The molecular formula is C14H24O. The standard InChI is InChI=1S/C14H24O/c1-13(2,3)11-9-7-8-10(11)12(15)14(4,5)6/h7-9H2,1-6H3. The molecule has 0 aliphatic heterocycles. The summed E-state index contributed by atoms with van der Waals surface area (Å²) < 4.78 is 0. The molecule has 0 fully saturated rings. The summed E-state index contributed by atoms with van der Waals surface area (Å²) in [5.41, 5.74) is 2.44. The minimum Gasteiger partial charge on any atom is -0.294 e. The van der Waals surface area contributed by atoms with Crippen molar-refractivity contribution in [2.75, 3.05) is 0 Å². The molecule has 0 atom stereocenters. The average Bonchev–Trinajstić information content (AvgIpc) is 2.47. The van der Waals surface area contributed by atoms with Crippen molar-refractivity contribution in [3.63, 3.8) is 0 Å². The Hall–Kier alpha value is -0.590. The molecule has 0 spiro atoms. The van der Waals surface area contributed by atoms with Crippen LogP contribution >= 0.6 is 0 Å². The van der Waals surface area contributed by atoms with Crippen LogP contribution in [-0.4, -0.2) is 5.78 Å². The van der Waals surface area contributed by atoms with Crippen LogP contribution in [0.2, 0.25) is 0 Å². The largest absolute Gasteiger partial charge is 0.294 e. The van der Waals surface area contributed by atoms with E-state index in [1.165, 1.54) is 5.57 Å². The van der Waals surface area contributed by atoms with Crippen molar-refractivity contribution in [1.29, 1.82) is 0 Å². The third kappa shape index (κ3) is 2.70. The van der Waals surface area contributed by atoms with E-state index in [2.05, 4.69) is 20.8 Å². The van der Waals surface area contributed by atoms with Crippen molar-refractivity contribution in [3.05, 3.63) is 11.1 Å². The summed E-state index contributed by atoms with van der Waals surface area (Å²) in [4.78, 5) is 12.3. The van der Waals surface area contributed by atoms with E-state index in [1.54, 1.807) is 0 Å². The summed E-state index contributed by atoms with van der Waals surface area (Å²) >= 11 is 0. The Morgan fingerprint density at radius 3 is 1.93 bits per heavy atom. The first-order chi connectivity index (χ1) is 6.64. The molecule has 0 aromatic heterocycles. The van der Waals surface area contributed by atoms with Gasteiger partial charge in [-0.2, -0.15) is 0 Å². The summed E-state index contributed by atoms with van der Waals surface area (Å²) in [6.07, 6.45) is 3.26. The van der Waals surface area contributed by atoms with Crippen LogP contribution in [0.15, 0.2) is 11.1 Å². The van der Waals surface area contributed by atoms with Crippen molar-refractivity contribution < 1.29 is 4.79 Å². The van der Waals surface area contributed by atoms with E-state index in [4.69, 9.17) is 0 Å². The Kier molecular flexibility index (Phi) is 3.14. The summed E-state index contributed by atoms with van der Waals surface area (Å²) in [5.74, 6) is 0.352. The van der Waals surface area contributed by atoms with Crippen molar-refractivity contribution >= 4 is 5.78 Å². The molecule has 0 radical (unpaired) electrons. The van der Waals surface area contributed by atoms with Gasteiger partial charge in [-0.05, 0) is 30.3 Å². The van der Waals surface area contributed by atoms with Crippen LogP contribution < -0.4 is 0 Å². The highest BCUT2D eigenvalue weighted by atomic mass is 16.1. The Balaban J connectivity index is 3.08. The molecular weight excluding hydrogens is 184 g/mol. The van der Waals surface area contributed by atoms with Gasteiger partial charge in [0.25, 0.3) is 0 Å². The number of allylic oxidation sites excluding steroid dienone is 2. The van der Waals surface area contributed by atoms with E-state index < -0.39 is 0 Å². The van der Waals surface area contributed by atoms with E-state index in [-0.39, 0.29) is 10.8 Å². The monoisotopic (exact) mass is 208 g/mol. The van der Waals surface area contributed by atoms with E-state index in [0.717, 1.165) is 24.8 Å². The number of hydrogen-bond donors (Lipinski definition) is 0. The fraction of sp³-hybridized carbons (Fsp3) is 0.786. The van der Waals surface area contributed by atoms with Gasteiger partial charge < -0.3 is 0 Å². The van der Waals surface area contributed by atoms with Gasteiger partial charge in [0.2, 0.25) is 0 Å². The van der Waals surface area contributed by atoms with Gasteiger partial charge in [-0.1, -0.05) is 47.1 Å². The molecule has 86 valence electrons. The topological polar surface area (TPSA) is 17.1 Å². The molecule has 0 saturated carbocycles. The molecule has 1 aliphatic rings. The highest BCUT2D eigenvalue weighted by molar-refractivity contribution is 6.00. The maximum absolute atomic E-state index is 12.3. The first-order valence-electron chi connectivity index (χ1n) is 5.91. The van der Waals surface area contributed by atoms with Crippen molar-refractivity contribution in [2.45, 2.75) is 60.8 Å². The minimum atomic E-state index is -0.226. The number of carbonyl (C=O) groups excluding carboxylic acids is 1. The fourth-order valence-corrected chi connectivity index (χ4v) is 2.27. The lowest BCUT2D eigenvalue weighted by molar-refractivity contribution is -0.122. The SMILES string of the molecule is CC(C)(C)C(=O)C1=C(C(C)(C)C)CCC1. The van der Waals surface area contributed by atoms with Gasteiger partial charge in [0.05, 0.1) is 0 Å². The van der Waals surface area contributed by atoms with Crippen LogP contribution in [0.4, 0.5) is 0 Å². The predicted octanol–water partition coefficient (Wildman–Crippen LogP) is 4.13. The van der Waals surface area contributed by atoms with Crippen LogP contribution in [0, 0.1) is 10.8 Å². The lowest BCUT2D eigenvalue weighted by Crippen LogP contribution is -2.24. The van der Waals surface area contributed by atoms with Crippen LogP contribution in [0.3, 0.4) is 0 Å². The lowest BCUT2D eigenvalue weighted by atomic mass is 9.79. The molecule has 0 saturated heterocycles. The number of rotatable bonds is 1. The van der Waals surface area contributed by atoms with Crippen LogP contribution in [-0.2, 0) is 4.79 Å². The van der Waals surface area contributed by atoms with E-state index in [1.807, 2.05) is 20.8 Å². The fourth-order valence-electron chi connectivity index (χ4n) is 2.27. The Labute approximate surface area is 93.9 Å². The molecule has 0 unspecified atom stereocenters. The quantitative estimate of drug-likeness (QED) is 0.633. The third-order valence-electron chi connectivity index (χ3n) is 3.08. The third-order valence-corrected chi connectivity index (χ3v) is 3.08. The number of Topliss-reactive ketones (excluding diaryl/α,β-unsaturated/α-hetero) is 1. The summed E-state index contributed by atoms with van der Waals surface area (Å²) in [6.45, 7) is 12.7. The van der Waals surface area contributed by atoms with E-state index >= 15 is 0 Å². The molecule has 1 aliphatic carbocycles. The van der Waals surface area contributed by atoms with Crippen molar-refractivity contribution in [1.82, 2.24) is 0 Å². The molecule has 0 N–H and O–H groups in total. The van der Waals surface area contributed by atoms with Gasteiger partial charge in [0.15, 0.2) is 5.78 Å². The molecule has 0 aromatic carbocycles. The molecule has 1 heteroatoms. The predicted molar refractivity (Wildman–Crippen MR) is 64.8 cm³/mol. The highest BCUT2D eigenvalue weighted by Crippen LogP contribution is 2.41. The number of ketones is 1. The molecule has 0 bridgehead atoms. The molecule has 1 rings (SSSR count). The summed E-state index contributed by atoms with van der Waals surface area (Å²) in [6, 6.07) is 0. The average molecular weight is 208 g/mol.